The van der Waals surface area contributed by atoms with Crippen molar-refractivity contribution in [1.29, 1.82) is 0 Å². The zero-order valence-corrected chi connectivity index (χ0v) is 11.0. The van der Waals surface area contributed by atoms with Crippen LogP contribution in [-0.2, 0) is 6.54 Å². The molecule has 0 aliphatic carbocycles. The Labute approximate surface area is 113 Å². The van der Waals surface area contributed by atoms with Gasteiger partial charge in [0.1, 0.15) is 0 Å². The lowest BCUT2D eigenvalue weighted by Gasteiger charge is -2.10. The van der Waals surface area contributed by atoms with Gasteiger partial charge in [0.05, 0.1) is 18.4 Å². The minimum Gasteiger partial charge on any atom is -0.381 e. The number of anilines is 1. The van der Waals surface area contributed by atoms with Gasteiger partial charge in [0.25, 0.3) is 0 Å². The molecule has 1 aromatic heterocycles. The van der Waals surface area contributed by atoms with Gasteiger partial charge in [0, 0.05) is 18.8 Å². The Morgan fingerprint density at radius 3 is 3.00 bits per heavy atom. The molecule has 1 aliphatic heterocycles. The SMILES string of the molecule is c1ccc(Cn2cc(NCC3CCCN3)cn2)cc1. The van der Waals surface area contributed by atoms with Gasteiger partial charge in [0.15, 0.2) is 0 Å². The number of rotatable bonds is 5. The van der Waals surface area contributed by atoms with E-state index in [1.807, 2.05) is 16.9 Å². The van der Waals surface area contributed by atoms with E-state index in [0.717, 1.165) is 25.3 Å². The van der Waals surface area contributed by atoms with E-state index in [4.69, 9.17) is 0 Å². The Morgan fingerprint density at radius 1 is 1.32 bits per heavy atom. The normalized spacial score (nSPS) is 18.6. The first-order valence-corrected chi connectivity index (χ1v) is 6.94. The van der Waals surface area contributed by atoms with Gasteiger partial charge in [-0.3, -0.25) is 4.68 Å². The van der Waals surface area contributed by atoms with Gasteiger partial charge in [-0.15, -0.1) is 0 Å². The summed E-state index contributed by atoms with van der Waals surface area (Å²) in [5.74, 6) is 0. The molecule has 4 nitrogen and oxygen atoms in total. The van der Waals surface area contributed by atoms with Crippen molar-refractivity contribution in [2.24, 2.45) is 0 Å². The molecule has 1 saturated heterocycles. The maximum Gasteiger partial charge on any atom is 0.0727 e. The molecule has 100 valence electrons. The highest BCUT2D eigenvalue weighted by molar-refractivity contribution is 5.38. The van der Waals surface area contributed by atoms with Crippen molar-refractivity contribution in [3.63, 3.8) is 0 Å². The first-order chi connectivity index (χ1) is 9.40. The number of nitrogens with zero attached hydrogens (tertiary/aromatic N) is 2. The van der Waals surface area contributed by atoms with Crippen molar-refractivity contribution < 1.29 is 0 Å². The minimum atomic E-state index is 0.609. The second-order valence-electron chi connectivity index (χ2n) is 5.09. The third-order valence-corrected chi connectivity index (χ3v) is 3.54. The van der Waals surface area contributed by atoms with Gasteiger partial charge >= 0.3 is 0 Å². The molecule has 3 rings (SSSR count). The lowest BCUT2D eigenvalue weighted by molar-refractivity contribution is 0.633. The Kier molecular flexibility index (Phi) is 3.79. The number of nitrogens with one attached hydrogen (secondary N) is 2. The smallest absolute Gasteiger partial charge is 0.0727 e. The molecule has 2 heterocycles. The van der Waals surface area contributed by atoms with Crippen LogP contribution in [0.2, 0.25) is 0 Å². The van der Waals surface area contributed by atoms with Crippen LogP contribution in [0.15, 0.2) is 42.7 Å². The van der Waals surface area contributed by atoms with Gasteiger partial charge in [-0.25, -0.2) is 0 Å². The summed E-state index contributed by atoms with van der Waals surface area (Å²) in [4.78, 5) is 0. The van der Waals surface area contributed by atoms with E-state index in [9.17, 15) is 0 Å². The first kappa shape index (κ1) is 12.2. The molecule has 1 unspecified atom stereocenters. The van der Waals surface area contributed by atoms with Crippen molar-refractivity contribution in [3.05, 3.63) is 48.3 Å². The van der Waals surface area contributed by atoms with Crippen molar-refractivity contribution in [3.8, 4) is 0 Å². The van der Waals surface area contributed by atoms with Crippen molar-refractivity contribution >= 4 is 5.69 Å². The van der Waals surface area contributed by atoms with E-state index in [2.05, 4.69) is 46.2 Å². The second kappa shape index (κ2) is 5.89. The molecule has 2 aromatic rings. The standard InChI is InChI=1S/C15H20N4/c1-2-5-13(6-3-1)11-19-12-15(10-18-19)17-9-14-7-4-8-16-14/h1-3,5-6,10,12,14,16-17H,4,7-9,11H2. The third kappa shape index (κ3) is 3.35. The molecule has 0 spiro atoms. The Bertz CT molecular complexity index is 500. The maximum atomic E-state index is 4.39. The molecular formula is C15H20N4. The summed E-state index contributed by atoms with van der Waals surface area (Å²) in [7, 11) is 0. The molecule has 0 bridgehead atoms. The highest BCUT2D eigenvalue weighted by atomic mass is 15.3. The Hall–Kier alpha value is -1.81. The number of hydrogen-bond acceptors (Lipinski definition) is 3. The molecule has 0 amide bonds. The summed E-state index contributed by atoms with van der Waals surface area (Å²) in [5.41, 5.74) is 2.37. The first-order valence-electron chi connectivity index (χ1n) is 6.94. The van der Waals surface area contributed by atoms with Crippen LogP contribution < -0.4 is 10.6 Å². The summed E-state index contributed by atoms with van der Waals surface area (Å²) < 4.78 is 1.97. The van der Waals surface area contributed by atoms with E-state index in [1.165, 1.54) is 18.4 Å². The predicted molar refractivity (Wildman–Crippen MR) is 77.3 cm³/mol. The van der Waals surface area contributed by atoms with Crippen molar-refractivity contribution in [1.82, 2.24) is 15.1 Å². The lowest BCUT2D eigenvalue weighted by atomic mass is 10.2. The fourth-order valence-electron chi connectivity index (χ4n) is 2.48. The molecule has 0 saturated carbocycles. The summed E-state index contributed by atoms with van der Waals surface area (Å²) in [6, 6.07) is 11.0. The van der Waals surface area contributed by atoms with Gasteiger partial charge in [-0.2, -0.15) is 5.10 Å². The maximum absolute atomic E-state index is 4.39. The van der Waals surface area contributed by atoms with Gasteiger partial charge < -0.3 is 10.6 Å². The van der Waals surface area contributed by atoms with Crippen LogP contribution in [0.5, 0.6) is 0 Å². The molecule has 1 atom stereocenters. The van der Waals surface area contributed by atoms with Gasteiger partial charge in [-0.05, 0) is 24.9 Å². The van der Waals surface area contributed by atoms with Crippen LogP contribution in [0.25, 0.3) is 0 Å². The molecule has 19 heavy (non-hydrogen) atoms. The Morgan fingerprint density at radius 2 is 2.21 bits per heavy atom. The van der Waals surface area contributed by atoms with Crippen molar-refractivity contribution in [2.45, 2.75) is 25.4 Å². The molecule has 2 N–H and O–H groups in total. The largest absolute Gasteiger partial charge is 0.381 e. The zero-order valence-electron chi connectivity index (χ0n) is 11.0. The number of aromatic nitrogens is 2. The van der Waals surface area contributed by atoms with E-state index >= 15 is 0 Å². The topological polar surface area (TPSA) is 41.9 Å². The number of hydrogen-bond donors (Lipinski definition) is 2. The van der Waals surface area contributed by atoms with E-state index < -0.39 is 0 Å². The summed E-state index contributed by atoms with van der Waals surface area (Å²) in [6.07, 6.45) is 6.53. The van der Waals surface area contributed by atoms with E-state index in [0.29, 0.717) is 6.04 Å². The van der Waals surface area contributed by atoms with Gasteiger partial charge in [0.2, 0.25) is 0 Å². The predicted octanol–water partition coefficient (Wildman–Crippen LogP) is 2.10. The van der Waals surface area contributed by atoms with E-state index in [-0.39, 0.29) is 0 Å². The average Bonchev–Trinajstić information content (AvgIpc) is 3.09. The van der Waals surface area contributed by atoms with Crippen LogP contribution in [0.1, 0.15) is 18.4 Å². The van der Waals surface area contributed by atoms with Crippen LogP contribution in [0.3, 0.4) is 0 Å². The monoisotopic (exact) mass is 256 g/mol. The fraction of sp³-hybridized carbons (Fsp3) is 0.400. The number of benzene rings is 1. The van der Waals surface area contributed by atoms with Crippen molar-refractivity contribution in [2.75, 3.05) is 18.4 Å². The summed E-state index contributed by atoms with van der Waals surface area (Å²) >= 11 is 0. The minimum absolute atomic E-state index is 0.609. The molecule has 1 fully saturated rings. The van der Waals surface area contributed by atoms with Crippen LogP contribution in [0.4, 0.5) is 5.69 Å². The Balaban J connectivity index is 1.54. The zero-order chi connectivity index (χ0) is 12.9. The lowest BCUT2D eigenvalue weighted by Crippen LogP contribution is -2.29. The highest BCUT2D eigenvalue weighted by Crippen LogP contribution is 2.10. The molecule has 0 radical (unpaired) electrons. The quantitative estimate of drug-likeness (QED) is 0.861. The summed E-state index contributed by atoms with van der Waals surface area (Å²) in [5, 5.41) is 11.3. The third-order valence-electron chi connectivity index (χ3n) is 3.54. The highest BCUT2D eigenvalue weighted by Gasteiger charge is 2.13. The van der Waals surface area contributed by atoms with Crippen LogP contribution in [-0.4, -0.2) is 28.9 Å². The van der Waals surface area contributed by atoms with Crippen LogP contribution >= 0.6 is 0 Å². The van der Waals surface area contributed by atoms with E-state index in [1.54, 1.807) is 0 Å². The fourth-order valence-corrected chi connectivity index (χ4v) is 2.48. The molecule has 1 aliphatic rings. The van der Waals surface area contributed by atoms with Gasteiger partial charge in [-0.1, -0.05) is 30.3 Å². The molecule has 4 heteroatoms. The molecule has 1 aromatic carbocycles. The average molecular weight is 256 g/mol. The summed E-state index contributed by atoms with van der Waals surface area (Å²) in [6.45, 7) is 2.96. The van der Waals surface area contributed by atoms with Crippen LogP contribution in [0, 0.1) is 0 Å². The second-order valence-corrected chi connectivity index (χ2v) is 5.09. The molecular weight excluding hydrogens is 236 g/mol.